The number of rotatable bonds is 4. The molecule has 0 bridgehead atoms. The van der Waals surface area contributed by atoms with Gasteiger partial charge in [-0.1, -0.05) is 47.5 Å². The molecule has 0 saturated heterocycles. The van der Waals surface area contributed by atoms with Gasteiger partial charge in [0.1, 0.15) is 0 Å². The molecule has 1 saturated carbocycles. The molecule has 0 aromatic heterocycles. The highest BCUT2D eigenvalue weighted by Crippen LogP contribution is 2.30. The van der Waals surface area contributed by atoms with Crippen LogP contribution in [0.4, 0.5) is 0 Å². The predicted molar refractivity (Wildman–Crippen MR) is 81.6 cm³/mol. The van der Waals surface area contributed by atoms with Crippen LogP contribution in [-0.4, -0.2) is 18.0 Å². The molecule has 1 aromatic rings. The molecule has 0 amide bonds. The third kappa shape index (κ3) is 3.58. The largest absolute Gasteiger partial charge is 0.299 e. The van der Waals surface area contributed by atoms with Crippen LogP contribution < -0.4 is 0 Å². The van der Waals surface area contributed by atoms with Crippen molar-refractivity contribution in [1.82, 2.24) is 4.90 Å². The molecule has 1 fully saturated rings. The Morgan fingerprint density at radius 1 is 1.17 bits per heavy atom. The quantitative estimate of drug-likeness (QED) is 0.768. The molecule has 1 aliphatic carbocycles. The molecule has 0 heterocycles. The van der Waals surface area contributed by atoms with Crippen molar-refractivity contribution in [3.05, 3.63) is 34.3 Å². The second kappa shape index (κ2) is 6.72. The summed E-state index contributed by atoms with van der Waals surface area (Å²) in [6.07, 6.45) is 6.95. The van der Waals surface area contributed by atoms with E-state index in [9.17, 15) is 0 Å². The Kier molecular flexibility index (Phi) is 5.25. The van der Waals surface area contributed by atoms with Gasteiger partial charge in [-0.3, -0.25) is 4.90 Å². The highest BCUT2D eigenvalue weighted by atomic mass is 79.9. The lowest BCUT2D eigenvalue weighted by Crippen LogP contribution is -2.34. The molecule has 0 unspecified atom stereocenters. The molecule has 0 radical (unpaired) electrons. The highest BCUT2D eigenvalue weighted by molar-refractivity contribution is 9.10. The fraction of sp³-hybridized carbons (Fsp3) is 0.625. The van der Waals surface area contributed by atoms with Crippen LogP contribution in [-0.2, 0) is 6.54 Å². The normalized spacial score (nSPS) is 24.4. The lowest BCUT2D eigenvalue weighted by Gasteiger charge is -2.34. The van der Waals surface area contributed by atoms with Crippen LogP contribution in [0, 0.1) is 5.92 Å². The van der Waals surface area contributed by atoms with Gasteiger partial charge in [0.05, 0.1) is 0 Å². The Morgan fingerprint density at radius 2 is 1.83 bits per heavy atom. The number of hydrogen-bond donors (Lipinski definition) is 0. The van der Waals surface area contributed by atoms with Gasteiger partial charge in [-0.2, -0.15) is 0 Å². The van der Waals surface area contributed by atoms with Crippen LogP contribution >= 0.6 is 15.9 Å². The first kappa shape index (κ1) is 14.1. The van der Waals surface area contributed by atoms with Crippen molar-refractivity contribution in [3.63, 3.8) is 0 Å². The molecule has 2 rings (SSSR count). The van der Waals surface area contributed by atoms with Gasteiger partial charge in [0, 0.05) is 17.1 Å². The van der Waals surface area contributed by atoms with Crippen molar-refractivity contribution in [1.29, 1.82) is 0 Å². The lowest BCUT2D eigenvalue weighted by atomic mass is 9.84. The number of nitrogens with zero attached hydrogens (tertiary/aromatic N) is 1. The van der Waals surface area contributed by atoms with Crippen LogP contribution in [0.2, 0.25) is 0 Å². The van der Waals surface area contributed by atoms with Gasteiger partial charge in [0.25, 0.3) is 0 Å². The van der Waals surface area contributed by atoms with Gasteiger partial charge < -0.3 is 0 Å². The molecular formula is C16H24BrN. The zero-order chi connectivity index (χ0) is 13.0. The smallest absolute Gasteiger partial charge is 0.0244 e. The molecule has 1 aromatic carbocycles. The molecule has 0 spiro atoms. The van der Waals surface area contributed by atoms with E-state index in [0.717, 1.165) is 18.5 Å². The van der Waals surface area contributed by atoms with Gasteiger partial charge in [0.2, 0.25) is 0 Å². The van der Waals surface area contributed by atoms with E-state index in [1.165, 1.54) is 42.1 Å². The monoisotopic (exact) mass is 309 g/mol. The van der Waals surface area contributed by atoms with E-state index in [-0.39, 0.29) is 0 Å². The first-order valence-electron chi connectivity index (χ1n) is 7.14. The second-order valence-corrected chi connectivity index (χ2v) is 6.44. The van der Waals surface area contributed by atoms with Crippen molar-refractivity contribution < 1.29 is 0 Å². The molecule has 0 N–H and O–H groups in total. The first-order chi connectivity index (χ1) is 8.70. The highest BCUT2D eigenvalue weighted by Gasteiger charge is 2.23. The van der Waals surface area contributed by atoms with Gasteiger partial charge in [-0.05, 0) is 50.3 Å². The summed E-state index contributed by atoms with van der Waals surface area (Å²) in [5.41, 5.74) is 1.40. The van der Waals surface area contributed by atoms with Crippen molar-refractivity contribution in [2.24, 2.45) is 5.92 Å². The summed E-state index contributed by atoms with van der Waals surface area (Å²) in [7, 11) is 2.27. The third-order valence-electron chi connectivity index (χ3n) is 4.39. The fourth-order valence-corrected chi connectivity index (χ4v) is 3.43. The van der Waals surface area contributed by atoms with Crippen molar-refractivity contribution in [3.8, 4) is 0 Å². The summed E-state index contributed by atoms with van der Waals surface area (Å²) in [4.78, 5) is 2.53. The lowest BCUT2D eigenvalue weighted by molar-refractivity contribution is 0.157. The van der Waals surface area contributed by atoms with Gasteiger partial charge in [-0.25, -0.2) is 0 Å². The molecular weight excluding hydrogens is 286 g/mol. The first-order valence-corrected chi connectivity index (χ1v) is 7.93. The number of hydrogen-bond acceptors (Lipinski definition) is 1. The molecule has 0 aliphatic heterocycles. The average molecular weight is 310 g/mol. The molecule has 100 valence electrons. The maximum atomic E-state index is 3.64. The topological polar surface area (TPSA) is 3.24 Å². The van der Waals surface area contributed by atoms with E-state index >= 15 is 0 Å². The zero-order valence-electron chi connectivity index (χ0n) is 11.5. The predicted octanol–water partition coefficient (Wildman–Crippen LogP) is 4.85. The minimum atomic E-state index is 0.778. The molecule has 1 aliphatic rings. The van der Waals surface area contributed by atoms with Crippen LogP contribution in [0.3, 0.4) is 0 Å². The maximum absolute atomic E-state index is 3.64. The summed E-state index contributed by atoms with van der Waals surface area (Å²) in [6, 6.07) is 9.34. The van der Waals surface area contributed by atoms with Crippen LogP contribution in [0.5, 0.6) is 0 Å². The van der Waals surface area contributed by atoms with Crippen molar-refractivity contribution >= 4 is 15.9 Å². The number of benzene rings is 1. The third-order valence-corrected chi connectivity index (χ3v) is 5.17. The Morgan fingerprint density at radius 3 is 2.44 bits per heavy atom. The summed E-state index contributed by atoms with van der Waals surface area (Å²) in [6.45, 7) is 3.39. The van der Waals surface area contributed by atoms with E-state index in [0.29, 0.717) is 0 Å². The molecule has 18 heavy (non-hydrogen) atoms. The average Bonchev–Trinajstić information content (AvgIpc) is 2.41. The minimum absolute atomic E-state index is 0.778. The minimum Gasteiger partial charge on any atom is -0.299 e. The van der Waals surface area contributed by atoms with Crippen LogP contribution in [0.25, 0.3) is 0 Å². The standard InChI is InChI=1S/C16H24BrN/c1-3-13-8-10-15(11-9-13)18(2)12-14-6-4-5-7-16(14)17/h4-7,13,15H,3,8-12H2,1-2H3. The van der Waals surface area contributed by atoms with Gasteiger partial charge in [0.15, 0.2) is 0 Å². The zero-order valence-corrected chi connectivity index (χ0v) is 13.1. The van der Waals surface area contributed by atoms with E-state index < -0.39 is 0 Å². The SMILES string of the molecule is CCC1CCC(N(C)Cc2ccccc2Br)CC1. The van der Waals surface area contributed by atoms with Gasteiger partial charge >= 0.3 is 0 Å². The number of halogens is 1. The van der Waals surface area contributed by atoms with E-state index in [4.69, 9.17) is 0 Å². The summed E-state index contributed by atoms with van der Waals surface area (Å²) < 4.78 is 1.24. The summed E-state index contributed by atoms with van der Waals surface area (Å²) >= 11 is 3.64. The molecule has 1 nitrogen and oxygen atoms in total. The molecule has 0 atom stereocenters. The van der Waals surface area contributed by atoms with E-state index in [2.05, 4.69) is 59.1 Å². The summed E-state index contributed by atoms with van der Waals surface area (Å²) in [5, 5.41) is 0. The fourth-order valence-electron chi connectivity index (χ4n) is 3.02. The Labute approximate surface area is 120 Å². The second-order valence-electron chi connectivity index (χ2n) is 5.59. The van der Waals surface area contributed by atoms with E-state index in [1.54, 1.807) is 0 Å². The van der Waals surface area contributed by atoms with E-state index in [1.807, 2.05) is 0 Å². The maximum Gasteiger partial charge on any atom is 0.0244 e. The van der Waals surface area contributed by atoms with Crippen LogP contribution in [0.1, 0.15) is 44.6 Å². The van der Waals surface area contributed by atoms with Gasteiger partial charge in [-0.15, -0.1) is 0 Å². The Bertz CT molecular complexity index is 369. The molecule has 2 heteroatoms. The van der Waals surface area contributed by atoms with Crippen molar-refractivity contribution in [2.75, 3.05) is 7.05 Å². The van der Waals surface area contributed by atoms with Crippen molar-refractivity contribution in [2.45, 2.75) is 51.6 Å². The Hall–Kier alpha value is -0.340. The summed E-state index contributed by atoms with van der Waals surface area (Å²) in [5.74, 6) is 0.984. The Balaban J connectivity index is 1.89. The van der Waals surface area contributed by atoms with Crippen LogP contribution in [0.15, 0.2) is 28.7 Å².